The zero-order valence-corrected chi connectivity index (χ0v) is 15.4. The summed E-state index contributed by atoms with van der Waals surface area (Å²) in [6.07, 6.45) is -0.334. The van der Waals surface area contributed by atoms with Gasteiger partial charge in [-0.15, -0.1) is 11.3 Å². The maximum atomic E-state index is 12.2. The van der Waals surface area contributed by atoms with Crippen molar-refractivity contribution in [2.24, 2.45) is 0 Å². The Bertz CT molecular complexity index is 674. The Morgan fingerprint density at radius 1 is 1.26 bits per heavy atom. The highest BCUT2D eigenvalue weighted by Gasteiger charge is 2.26. The summed E-state index contributed by atoms with van der Waals surface area (Å²) in [6, 6.07) is 9.97. The Kier molecular flexibility index (Phi) is 5.09. The summed E-state index contributed by atoms with van der Waals surface area (Å²) in [7, 11) is 1.75. The SMILES string of the molecule is Cc1sc([C@H](C)N(C)C(=O)OC(C)(C)C)nc1-c1ccccc1. The number of ether oxygens (including phenoxy) is 1. The molecule has 1 heterocycles. The largest absolute Gasteiger partial charge is 0.444 e. The fourth-order valence-electron chi connectivity index (χ4n) is 2.12. The Morgan fingerprint density at radius 3 is 2.43 bits per heavy atom. The van der Waals surface area contributed by atoms with Gasteiger partial charge in [-0.3, -0.25) is 0 Å². The Balaban J connectivity index is 2.20. The smallest absolute Gasteiger partial charge is 0.410 e. The third kappa shape index (κ3) is 4.32. The van der Waals surface area contributed by atoms with Crippen LogP contribution in [0.2, 0.25) is 0 Å². The van der Waals surface area contributed by atoms with Crippen LogP contribution in [-0.2, 0) is 4.74 Å². The van der Waals surface area contributed by atoms with Crippen LogP contribution < -0.4 is 0 Å². The highest BCUT2D eigenvalue weighted by atomic mass is 32.1. The Hall–Kier alpha value is -1.88. The molecule has 5 heteroatoms. The third-order valence-corrected chi connectivity index (χ3v) is 4.62. The second-order valence-electron chi connectivity index (χ2n) is 6.59. The van der Waals surface area contributed by atoms with E-state index in [1.165, 1.54) is 0 Å². The van der Waals surface area contributed by atoms with Gasteiger partial charge in [0.2, 0.25) is 0 Å². The molecule has 0 unspecified atom stereocenters. The van der Waals surface area contributed by atoms with Gasteiger partial charge in [0, 0.05) is 17.5 Å². The molecular weight excluding hydrogens is 308 g/mol. The molecule has 0 radical (unpaired) electrons. The van der Waals surface area contributed by atoms with Crippen molar-refractivity contribution in [2.45, 2.75) is 46.3 Å². The van der Waals surface area contributed by atoms with Crippen molar-refractivity contribution in [3.05, 3.63) is 40.2 Å². The van der Waals surface area contributed by atoms with Crippen molar-refractivity contribution in [1.29, 1.82) is 0 Å². The molecule has 1 aromatic carbocycles. The maximum Gasteiger partial charge on any atom is 0.410 e. The first-order valence-electron chi connectivity index (χ1n) is 7.67. The standard InChI is InChI=1S/C18H24N2O2S/c1-12(20(6)17(21)22-18(3,4)5)16-19-15(13(2)23-16)14-10-8-7-9-11-14/h7-12H,1-6H3/t12-/m0/s1. The molecule has 0 bridgehead atoms. The Morgan fingerprint density at radius 2 is 1.87 bits per heavy atom. The van der Waals surface area contributed by atoms with Crippen LogP contribution in [0.4, 0.5) is 4.79 Å². The van der Waals surface area contributed by atoms with E-state index in [9.17, 15) is 4.79 Å². The minimum Gasteiger partial charge on any atom is -0.444 e. The summed E-state index contributed by atoms with van der Waals surface area (Å²) in [5, 5.41) is 0.912. The predicted octanol–water partition coefficient (Wildman–Crippen LogP) is 5.05. The van der Waals surface area contributed by atoms with Crippen molar-refractivity contribution >= 4 is 17.4 Å². The van der Waals surface area contributed by atoms with Crippen LogP contribution in [-0.4, -0.2) is 28.6 Å². The van der Waals surface area contributed by atoms with E-state index in [-0.39, 0.29) is 12.1 Å². The van der Waals surface area contributed by atoms with Gasteiger partial charge in [0.15, 0.2) is 0 Å². The van der Waals surface area contributed by atoms with Gasteiger partial charge in [-0.25, -0.2) is 9.78 Å². The number of amides is 1. The third-order valence-electron chi connectivity index (χ3n) is 3.48. The molecular formula is C18H24N2O2S. The van der Waals surface area contributed by atoms with Gasteiger partial charge in [0.1, 0.15) is 10.6 Å². The quantitative estimate of drug-likeness (QED) is 0.790. The van der Waals surface area contributed by atoms with Crippen LogP contribution in [0, 0.1) is 6.92 Å². The lowest BCUT2D eigenvalue weighted by Gasteiger charge is -2.27. The molecule has 0 aliphatic rings. The molecule has 0 fully saturated rings. The predicted molar refractivity (Wildman–Crippen MR) is 94.7 cm³/mol. The molecule has 0 aliphatic heterocycles. The minimum absolute atomic E-state index is 0.133. The van der Waals surface area contributed by atoms with E-state index in [2.05, 4.69) is 6.92 Å². The molecule has 4 nitrogen and oxygen atoms in total. The van der Waals surface area contributed by atoms with E-state index in [4.69, 9.17) is 9.72 Å². The number of carbonyl (C=O) groups is 1. The molecule has 0 saturated heterocycles. The first kappa shape index (κ1) is 17.5. The number of hydrogen-bond acceptors (Lipinski definition) is 4. The average Bonchev–Trinajstić information content (AvgIpc) is 2.87. The number of nitrogens with zero attached hydrogens (tertiary/aromatic N) is 2. The van der Waals surface area contributed by atoms with Gasteiger partial charge in [0.05, 0.1) is 11.7 Å². The topological polar surface area (TPSA) is 42.4 Å². The monoisotopic (exact) mass is 332 g/mol. The average molecular weight is 332 g/mol. The van der Waals surface area contributed by atoms with Crippen LogP contribution >= 0.6 is 11.3 Å². The highest BCUT2D eigenvalue weighted by Crippen LogP contribution is 2.32. The second-order valence-corrected chi connectivity index (χ2v) is 7.82. The molecule has 2 rings (SSSR count). The first-order valence-corrected chi connectivity index (χ1v) is 8.49. The van der Waals surface area contributed by atoms with E-state index < -0.39 is 5.60 Å². The number of rotatable bonds is 3. The van der Waals surface area contributed by atoms with Crippen LogP contribution in [0.1, 0.15) is 43.6 Å². The lowest BCUT2D eigenvalue weighted by atomic mass is 10.1. The molecule has 1 atom stereocenters. The number of hydrogen-bond donors (Lipinski definition) is 0. The van der Waals surface area contributed by atoms with E-state index >= 15 is 0 Å². The summed E-state index contributed by atoms with van der Waals surface area (Å²) in [5.41, 5.74) is 1.58. The summed E-state index contributed by atoms with van der Waals surface area (Å²) in [5.74, 6) is 0. The van der Waals surface area contributed by atoms with Crippen LogP contribution in [0.3, 0.4) is 0 Å². The van der Waals surface area contributed by atoms with Crippen molar-refractivity contribution in [3.63, 3.8) is 0 Å². The summed E-state index contributed by atoms with van der Waals surface area (Å²) in [4.78, 5) is 19.7. The van der Waals surface area contributed by atoms with Crippen molar-refractivity contribution in [1.82, 2.24) is 9.88 Å². The number of benzene rings is 1. The lowest BCUT2D eigenvalue weighted by Crippen LogP contribution is -2.35. The molecule has 0 aliphatic carbocycles. The molecule has 2 aromatic rings. The zero-order chi connectivity index (χ0) is 17.2. The van der Waals surface area contributed by atoms with Gasteiger partial charge >= 0.3 is 6.09 Å². The van der Waals surface area contributed by atoms with Crippen molar-refractivity contribution < 1.29 is 9.53 Å². The molecule has 0 saturated carbocycles. The molecule has 124 valence electrons. The molecule has 1 aromatic heterocycles. The van der Waals surface area contributed by atoms with Gasteiger partial charge in [-0.2, -0.15) is 0 Å². The highest BCUT2D eigenvalue weighted by molar-refractivity contribution is 7.12. The number of thiazole rings is 1. The van der Waals surface area contributed by atoms with Gasteiger partial charge in [-0.1, -0.05) is 30.3 Å². The number of aromatic nitrogens is 1. The van der Waals surface area contributed by atoms with E-state index in [1.807, 2.05) is 58.0 Å². The Labute approximate surface area is 142 Å². The molecule has 23 heavy (non-hydrogen) atoms. The minimum atomic E-state index is -0.501. The summed E-state index contributed by atoms with van der Waals surface area (Å²) in [6.45, 7) is 9.63. The fourth-order valence-corrected chi connectivity index (χ4v) is 3.16. The van der Waals surface area contributed by atoms with Crippen molar-refractivity contribution in [2.75, 3.05) is 7.05 Å². The van der Waals surface area contributed by atoms with E-state index in [0.29, 0.717) is 0 Å². The molecule has 1 amide bonds. The van der Waals surface area contributed by atoms with Crippen LogP contribution in [0.15, 0.2) is 30.3 Å². The normalized spacial score (nSPS) is 12.8. The zero-order valence-electron chi connectivity index (χ0n) is 14.6. The second kappa shape index (κ2) is 6.71. The van der Waals surface area contributed by atoms with Crippen molar-refractivity contribution in [3.8, 4) is 11.3 Å². The van der Waals surface area contributed by atoms with E-state index in [1.54, 1.807) is 23.3 Å². The number of aryl methyl sites for hydroxylation is 1. The molecule has 0 N–H and O–H groups in total. The van der Waals surface area contributed by atoms with Crippen LogP contribution in [0.25, 0.3) is 11.3 Å². The first-order chi connectivity index (χ1) is 10.7. The molecule has 0 spiro atoms. The lowest BCUT2D eigenvalue weighted by molar-refractivity contribution is 0.0233. The maximum absolute atomic E-state index is 12.2. The van der Waals surface area contributed by atoms with Gasteiger partial charge < -0.3 is 9.64 Å². The fraction of sp³-hybridized carbons (Fsp3) is 0.444. The van der Waals surface area contributed by atoms with Gasteiger partial charge in [0.25, 0.3) is 0 Å². The van der Waals surface area contributed by atoms with Crippen LogP contribution in [0.5, 0.6) is 0 Å². The summed E-state index contributed by atoms with van der Waals surface area (Å²) >= 11 is 1.62. The number of carbonyl (C=O) groups excluding carboxylic acids is 1. The van der Waals surface area contributed by atoms with Gasteiger partial charge in [-0.05, 0) is 34.6 Å². The van der Waals surface area contributed by atoms with E-state index in [0.717, 1.165) is 21.1 Å². The summed E-state index contributed by atoms with van der Waals surface area (Å²) < 4.78 is 5.43.